The summed E-state index contributed by atoms with van der Waals surface area (Å²) in [6, 6.07) is 12.1. The molecule has 0 aliphatic carbocycles. The number of hydrogen-bond donors (Lipinski definition) is 3. The summed E-state index contributed by atoms with van der Waals surface area (Å²) in [7, 11) is -3.76. The number of benzene rings is 1. The van der Waals surface area contributed by atoms with Crippen molar-refractivity contribution >= 4 is 33.6 Å². The number of halogens is 1. The molecule has 0 saturated carbocycles. The summed E-state index contributed by atoms with van der Waals surface area (Å²) in [4.78, 5) is 18.3. The quantitative estimate of drug-likeness (QED) is 0.640. The fourth-order valence-corrected chi connectivity index (χ4v) is 3.21. The molecule has 3 aromatic rings. The van der Waals surface area contributed by atoms with Crippen molar-refractivity contribution in [1.29, 1.82) is 0 Å². The summed E-state index contributed by atoms with van der Waals surface area (Å²) < 4.78 is 24.5. The average Bonchev–Trinajstić information content (AvgIpc) is 2.52. The second-order valence-corrected chi connectivity index (χ2v) is 6.78. The van der Waals surface area contributed by atoms with Gasteiger partial charge >= 0.3 is 0 Å². The lowest BCUT2D eigenvalue weighted by Gasteiger charge is -2.13. The fourth-order valence-electron chi connectivity index (χ4n) is 2.58. The zero-order valence-electron chi connectivity index (χ0n) is 13.3. The van der Waals surface area contributed by atoms with Crippen LogP contribution in [0.15, 0.2) is 53.5 Å². The van der Waals surface area contributed by atoms with Gasteiger partial charge in [-0.05, 0) is 35.7 Å². The van der Waals surface area contributed by atoms with Crippen molar-refractivity contribution in [3.8, 4) is 11.1 Å². The summed E-state index contributed by atoms with van der Waals surface area (Å²) in [6.45, 7) is 1.71. The molecule has 1 atom stereocenters. The minimum Gasteiger partial charge on any atom is -0.307 e. The molecule has 132 valence electrons. The SMILES string of the molecule is C[C@H](NS(N)(=O)=O)c1ccc(-c2ccnc3[nH]c(=O)ccc23)cc1.Cl. The van der Waals surface area contributed by atoms with Gasteiger partial charge in [-0.3, -0.25) is 4.79 Å². The second-order valence-electron chi connectivity index (χ2n) is 5.45. The smallest absolute Gasteiger partial charge is 0.274 e. The predicted octanol–water partition coefficient (Wildman–Crippen LogP) is 1.87. The van der Waals surface area contributed by atoms with Crippen molar-refractivity contribution < 1.29 is 8.42 Å². The third-order valence-corrected chi connectivity index (χ3v) is 4.38. The number of nitrogens with two attached hydrogens (primary N) is 1. The molecule has 0 spiro atoms. The Balaban J connectivity index is 0.00000225. The number of pyridine rings is 2. The standard InChI is InChI=1S/C16H16N4O3S.ClH/c1-10(20-24(17,22)23)11-2-4-12(5-3-11)13-8-9-18-16-14(13)6-7-15(21)19-16;/h2-10,20H,1H3,(H2,17,22,23)(H,18,19,21);1H/t10-;/m0./s1. The Bertz CT molecular complexity index is 1050. The molecule has 0 aliphatic rings. The molecular weight excluding hydrogens is 364 g/mol. The fraction of sp³-hybridized carbons (Fsp3) is 0.125. The van der Waals surface area contributed by atoms with Crippen molar-refractivity contribution in [2.45, 2.75) is 13.0 Å². The van der Waals surface area contributed by atoms with E-state index in [1.54, 1.807) is 19.2 Å². The number of aromatic amines is 1. The number of rotatable bonds is 4. The highest BCUT2D eigenvalue weighted by atomic mass is 35.5. The van der Waals surface area contributed by atoms with Crippen molar-refractivity contribution in [3.05, 3.63) is 64.6 Å². The minimum absolute atomic E-state index is 0. The monoisotopic (exact) mass is 380 g/mol. The van der Waals surface area contributed by atoms with E-state index >= 15 is 0 Å². The van der Waals surface area contributed by atoms with E-state index in [0.717, 1.165) is 22.1 Å². The van der Waals surface area contributed by atoms with Gasteiger partial charge in [0.15, 0.2) is 0 Å². The molecule has 0 amide bonds. The Kier molecular flexibility index (Phi) is 5.58. The van der Waals surface area contributed by atoms with Crippen LogP contribution in [0.5, 0.6) is 0 Å². The number of nitrogens with zero attached hydrogens (tertiary/aromatic N) is 1. The maximum atomic E-state index is 11.4. The van der Waals surface area contributed by atoms with E-state index in [1.165, 1.54) is 6.07 Å². The molecule has 0 fully saturated rings. The van der Waals surface area contributed by atoms with Gasteiger partial charge in [0.25, 0.3) is 10.2 Å². The average molecular weight is 381 g/mol. The van der Waals surface area contributed by atoms with Gasteiger partial charge in [-0.2, -0.15) is 13.1 Å². The Morgan fingerprint density at radius 2 is 1.80 bits per heavy atom. The molecular formula is C16H17ClN4O3S. The van der Waals surface area contributed by atoms with Crippen LogP contribution in [-0.2, 0) is 10.2 Å². The molecule has 0 aliphatic heterocycles. The van der Waals surface area contributed by atoms with Crippen LogP contribution >= 0.6 is 12.4 Å². The lowest BCUT2D eigenvalue weighted by atomic mass is 10.00. The van der Waals surface area contributed by atoms with Crippen LogP contribution in [0.3, 0.4) is 0 Å². The molecule has 0 radical (unpaired) electrons. The van der Waals surface area contributed by atoms with E-state index in [4.69, 9.17) is 5.14 Å². The maximum Gasteiger partial charge on any atom is 0.274 e. The van der Waals surface area contributed by atoms with E-state index in [0.29, 0.717) is 5.65 Å². The largest absolute Gasteiger partial charge is 0.307 e. The summed E-state index contributed by atoms with van der Waals surface area (Å²) in [5.74, 6) is 0. The first-order chi connectivity index (χ1) is 11.3. The Morgan fingerprint density at radius 3 is 2.44 bits per heavy atom. The van der Waals surface area contributed by atoms with Crippen LogP contribution in [0.25, 0.3) is 22.2 Å². The van der Waals surface area contributed by atoms with Crippen LogP contribution in [-0.4, -0.2) is 18.4 Å². The summed E-state index contributed by atoms with van der Waals surface area (Å²) >= 11 is 0. The maximum absolute atomic E-state index is 11.4. The first kappa shape index (κ1) is 19.1. The van der Waals surface area contributed by atoms with Crippen LogP contribution in [0.1, 0.15) is 18.5 Å². The van der Waals surface area contributed by atoms with E-state index in [2.05, 4.69) is 14.7 Å². The molecule has 0 unspecified atom stereocenters. The minimum atomic E-state index is -3.76. The summed E-state index contributed by atoms with van der Waals surface area (Å²) in [5.41, 5.74) is 2.97. The van der Waals surface area contributed by atoms with Gasteiger partial charge in [0, 0.05) is 23.7 Å². The van der Waals surface area contributed by atoms with Gasteiger partial charge in [0.1, 0.15) is 5.65 Å². The predicted molar refractivity (Wildman–Crippen MR) is 99.7 cm³/mol. The lowest BCUT2D eigenvalue weighted by Crippen LogP contribution is -2.32. The van der Waals surface area contributed by atoms with Crippen LogP contribution in [0, 0.1) is 0 Å². The molecule has 3 rings (SSSR count). The number of aromatic nitrogens is 2. The number of H-pyrrole nitrogens is 1. The van der Waals surface area contributed by atoms with Crippen LogP contribution in [0.2, 0.25) is 0 Å². The van der Waals surface area contributed by atoms with Gasteiger partial charge < -0.3 is 4.98 Å². The number of fused-ring (bicyclic) bond motifs is 1. The van der Waals surface area contributed by atoms with Crippen LogP contribution in [0.4, 0.5) is 0 Å². The zero-order chi connectivity index (χ0) is 17.3. The Morgan fingerprint density at radius 1 is 1.12 bits per heavy atom. The van der Waals surface area contributed by atoms with Gasteiger partial charge in [0.2, 0.25) is 5.56 Å². The number of hydrogen-bond acceptors (Lipinski definition) is 4. The molecule has 25 heavy (non-hydrogen) atoms. The van der Waals surface area contributed by atoms with Crippen molar-refractivity contribution in [3.63, 3.8) is 0 Å². The highest BCUT2D eigenvalue weighted by Crippen LogP contribution is 2.27. The third kappa shape index (κ3) is 4.43. The van der Waals surface area contributed by atoms with E-state index in [-0.39, 0.29) is 18.0 Å². The van der Waals surface area contributed by atoms with Gasteiger partial charge in [-0.1, -0.05) is 24.3 Å². The number of nitrogens with one attached hydrogen (secondary N) is 2. The van der Waals surface area contributed by atoms with Crippen molar-refractivity contribution in [2.24, 2.45) is 5.14 Å². The molecule has 1 aromatic carbocycles. The van der Waals surface area contributed by atoms with Crippen molar-refractivity contribution in [1.82, 2.24) is 14.7 Å². The van der Waals surface area contributed by atoms with Gasteiger partial charge in [-0.15, -0.1) is 12.4 Å². The van der Waals surface area contributed by atoms with E-state index < -0.39 is 16.3 Å². The van der Waals surface area contributed by atoms with Gasteiger partial charge in [0.05, 0.1) is 0 Å². The molecule has 4 N–H and O–H groups in total. The van der Waals surface area contributed by atoms with Crippen LogP contribution < -0.4 is 15.4 Å². The summed E-state index contributed by atoms with van der Waals surface area (Å²) in [6.07, 6.45) is 1.63. The lowest BCUT2D eigenvalue weighted by molar-refractivity contribution is 0.568. The highest BCUT2D eigenvalue weighted by molar-refractivity contribution is 7.87. The molecule has 0 saturated heterocycles. The Labute approximate surface area is 150 Å². The summed E-state index contributed by atoms with van der Waals surface area (Å²) in [5, 5.41) is 5.83. The third-order valence-electron chi connectivity index (χ3n) is 3.70. The Hall–Kier alpha value is -2.26. The second kappa shape index (κ2) is 7.32. The molecule has 2 aromatic heterocycles. The first-order valence-electron chi connectivity index (χ1n) is 7.22. The van der Waals surface area contributed by atoms with Gasteiger partial charge in [-0.25, -0.2) is 10.1 Å². The normalized spacial score (nSPS) is 12.6. The van der Waals surface area contributed by atoms with E-state index in [9.17, 15) is 13.2 Å². The highest BCUT2D eigenvalue weighted by Gasteiger charge is 2.12. The molecule has 0 bridgehead atoms. The molecule has 9 heteroatoms. The first-order valence-corrected chi connectivity index (χ1v) is 8.76. The molecule has 2 heterocycles. The topological polar surface area (TPSA) is 118 Å². The van der Waals surface area contributed by atoms with E-state index in [1.807, 2.05) is 30.3 Å². The molecule has 7 nitrogen and oxygen atoms in total. The van der Waals surface area contributed by atoms with Crippen molar-refractivity contribution in [2.75, 3.05) is 0 Å². The zero-order valence-corrected chi connectivity index (χ0v) is 14.9.